The molecule has 0 aromatic heterocycles. The molecule has 3 heterocycles. The van der Waals surface area contributed by atoms with Crippen LogP contribution in [-0.4, -0.2) is 57.1 Å². The fourth-order valence-electron chi connectivity index (χ4n) is 4.44. The Balaban J connectivity index is 0.00000259. The van der Waals surface area contributed by atoms with Gasteiger partial charge in [-0.15, -0.1) is 12.4 Å². The number of nitrogens with zero attached hydrogens (tertiary/aromatic N) is 2. The first-order valence-electron chi connectivity index (χ1n) is 10.6. The highest BCUT2D eigenvalue weighted by molar-refractivity contribution is 7.89. The van der Waals surface area contributed by atoms with Gasteiger partial charge in [0.2, 0.25) is 16.8 Å². The van der Waals surface area contributed by atoms with Gasteiger partial charge in [-0.1, -0.05) is 17.7 Å². The summed E-state index contributed by atoms with van der Waals surface area (Å²) in [7, 11) is -3.55. The molecular formula is C22H26Cl2N4O4S. The molecular weight excluding hydrogens is 487 g/mol. The summed E-state index contributed by atoms with van der Waals surface area (Å²) < 4.78 is 38.5. The molecule has 1 fully saturated rings. The quantitative estimate of drug-likeness (QED) is 0.654. The van der Waals surface area contributed by atoms with Crippen LogP contribution >= 0.6 is 24.0 Å². The number of rotatable bonds is 4. The molecule has 1 saturated heterocycles. The number of piperidine rings is 1. The molecule has 5 rings (SSSR count). The third kappa shape index (κ3) is 4.79. The Bertz CT molecular complexity index is 1130. The molecule has 1 spiro atoms. The molecule has 0 unspecified atom stereocenters. The number of hydrogen-bond donors (Lipinski definition) is 2. The molecule has 0 aliphatic carbocycles. The van der Waals surface area contributed by atoms with Crippen molar-refractivity contribution in [1.29, 1.82) is 0 Å². The summed E-state index contributed by atoms with van der Waals surface area (Å²) in [6.45, 7) is 3.16. The number of sulfonamides is 1. The Labute approximate surface area is 204 Å². The van der Waals surface area contributed by atoms with E-state index in [0.717, 1.165) is 29.4 Å². The first-order valence-corrected chi connectivity index (χ1v) is 12.5. The highest BCUT2D eigenvalue weighted by Crippen LogP contribution is 2.33. The summed E-state index contributed by atoms with van der Waals surface area (Å²) in [5.41, 5.74) is 0.723. The molecule has 0 radical (unpaired) electrons. The van der Waals surface area contributed by atoms with Crippen LogP contribution in [0.15, 0.2) is 52.4 Å². The fourth-order valence-corrected chi connectivity index (χ4v) is 6.00. The van der Waals surface area contributed by atoms with Gasteiger partial charge in [0.05, 0.1) is 17.0 Å². The third-order valence-electron chi connectivity index (χ3n) is 6.22. The van der Waals surface area contributed by atoms with Gasteiger partial charge in [0.1, 0.15) is 5.84 Å². The summed E-state index contributed by atoms with van der Waals surface area (Å²) in [5.74, 6) is 2.41. The number of amidine groups is 1. The average molecular weight is 513 g/mol. The minimum atomic E-state index is -3.55. The highest BCUT2D eigenvalue weighted by Gasteiger charge is 2.43. The second kappa shape index (κ2) is 9.68. The maximum absolute atomic E-state index is 13.0. The second-order valence-corrected chi connectivity index (χ2v) is 10.5. The van der Waals surface area contributed by atoms with E-state index < -0.39 is 10.0 Å². The zero-order valence-corrected chi connectivity index (χ0v) is 20.3. The van der Waals surface area contributed by atoms with Gasteiger partial charge in [-0.3, -0.25) is 4.99 Å². The lowest BCUT2D eigenvalue weighted by Gasteiger charge is -2.44. The van der Waals surface area contributed by atoms with E-state index in [0.29, 0.717) is 44.0 Å². The van der Waals surface area contributed by atoms with E-state index in [2.05, 4.69) is 10.6 Å². The van der Waals surface area contributed by atoms with Gasteiger partial charge < -0.3 is 20.1 Å². The van der Waals surface area contributed by atoms with Gasteiger partial charge >= 0.3 is 0 Å². The smallest absolute Gasteiger partial charge is 0.243 e. The van der Waals surface area contributed by atoms with Crippen molar-refractivity contribution in [3.05, 3.63) is 53.1 Å². The van der Waals surface area contributed by atoms with Gasteiger partial charge in [-0.2, -0.15) is 4.31 Å². The summed E-state index contributed by atoms with van der Waals surface area (Å²) >= 11 is 5.91. The Morgan fingerprint density at radius 2 is 1.82 bits per heavy atom. The van der Waals surface area contributed by atoms with Crippen LogP contribution in [0.5, 0.6) is 11.5 Å². The van der Waals surface area contributed by atoms with Gasteiger partial charge in [0.25, 0.3) is 0 Å². The number of aliphatic imine (C=N–C) groups is 1. The number of hydrogen-bond acceptors (Lipinski definition) is 7. The summed E-state index contributed by atoms with van der Waals surface area (Å²) in [6, 6.07) is 12.2. The van der Waals surface area contributed by atoms with Crippen molar-refractivity contribution >= 4 is 39.9 Å². The minimum absolute atomic E-state index is 0. The van der Waals surface area contributed by atoms with Crippen molar-refractivity contribution in [2.75, 3.05) is 33.0 Å². The number of fused-ring (bicyclic) bond motifs is 1. The van der Waals surface area contributed by atoms with Crippen LogP contribution in [0.4, 0.5) is 0 Å². The normalized spacial score (nSPS) is 19.6. The van der Waals surface area contributed by atoms with Crippen LogP contribution in [-0.2, 0) is 16.6 Å². The lowest BCUT2D eigenvalue weighted by Crippen LogP contribution is -2.64. The van der Waals surface area contributed by atoms with E-state index in [1.165, 1.54) is 0 Å². The fraction of sp³-hybridized carbons (Fsp3) is 0.409. The predicted octanol–water partition coefficient (Wildman–Crippen LogP) is 2.81. The molecule has 0 bridgehead atoms. The molecule has 0 amide bonds. The van der Waals surface area contributed by atoms with Gasteiger partial charge in [-0.05, 0) is 54.8 Å². The summed E-state index contributed by atoms with van der Waals surface area (Å²) in [6.07, 6.45) is 1.29. The topological polar surface area (TPSA) is 92.3 Å². The highest BCUT2D eigenvalue weighted by atomic mass is 35.5. The zero-order chi connectivity index (χ0) is 22.2. The Kier molecular flexibility index (Phi) is 7.07. The number of benzene rings is 2. The lowest BCUT2D eigenvalue weighted by molar-refractivity contribution is 0.174. The molecule has 33 heavy (non-hydrogen) atoms. The molecule has 2 aromatic rings. The van der Waals surface area contributed by atoms with Crippen LogP contribution in [0.2, 0.25) is 5.02 Å². The lowest BCUT2D eigenvalue weighted by atomic mass is 9.85. The largest absolute Gasteiger partial charge is 0.454 e. The summed E-state index contributed by atoms with van der Waals surface area (Å²) in [5, 5.41) is 7.61. The second-order valence-electron chi connectivity index (χ2n) is 8.14. The molecule has 178 valence electrons. The molecule has 2 N–H and O–H groups in total. The van der Waals surface area contributed by atoms with E-state index in [1.54, 1.807) is 28.6 Å². The zero-order valence-electron chi connectivity index (χ0n) is 17.9. The van der Waals surface area contributed by atoms with Crippen LogP contribution in [0.1, 0.15) is 18.4 Å². The standard InChI is InChI=1S/C22H25ClN4O4S.ClH/c23-17-2-4-18(5-3-17)32(28,29)27-11-7-22(8-12-27)21(24-9-10-26-22)25-14-16-1-6-19-20(13-16)31-15-30-19;/h1-6,13,26H,7-12,14-15H2,(H,24,25);1H. The van der Waals surface area contributed by atoms with Crippen molar-refractivity contribution in [3.63, 3.8) is 0 Å². The Morgan fingerprint density at radius 3 is 2.58 bits per heavy atom. The van der Waals surface area contributed by atoms with Gasteiger partial charge in [0, 0.05) is 31.2 Å². The third-order valence-corrected chi connectivity index (χ3v) is 8.39. The van der Waals surface area contributed by atoms with Crippen LogP contribution in [0.25, 0.3) is 0 Å². The molecule has 0 saturated carbocycles. The SMILES string of the molecule is Cl.O=S(=O)(c1ccc(Cl)cc1)N1CCC2(CC1)NCCN=C2NCc1ccc2c(c1)OCO2. The molecule has 3 aliphatic rings. The van der Waals surface area contributed by atoms with Crippen LogP contribution in [0, 0.1) is 0 Å². The van der Waals surface area contributed by atoms with E-state index >= 15 is 0 Å². The summed E-state index contributed by atoms with van der Waals surface area (Å²) in [4.78, 5) is 5.02. The first-order chi connectivity index (χ1) is 15.5. The molecule has 2 aromatic carbocycles. The number of nitrogens with one attached hydrogen (secondary N) is 2. The van der Waals surface area contributed by atoms with Crippen LogP contribution in [0.3, 0.4) is 0 Å². The number of ether oxygens (including phenoxy) is 2. The predicted molar refractivity (Wildman–Crippen MR) is 129 cm³/mol. The van der Waals surface area contributed by atoms with Crippen molar-refractivity contribution in [2.24, 2.45) is 4.99 Å². The van der Waals surface area contributed by atoms with Crippen molar-refractivity contribution in [2.45, 2.75) is 29.8 Å². The molecule has 0 atom stereocenters. The minimum Gasteiger partial charge on any atom is -0.454 e. The molecule has 11 heteroatoms. The first kappa shape index (κ1) is 24.1. The number of halogens is 2. The Morgan fingerprint density at radius 1 is 1.09 bits per heavy atom. The maximum atomic E-state index is 13.0. The van der Waals surface area contributed by atoms with E-state index in [9.17, 15) is 8.42 Å². The average Bonchev–Trinajstić information content (AvgIpc) is 3.27. The van der Waals surface area contributed by atoms with E-state index in [-0.39, 0.29) is 29.6 Å². The van der Waals surface area contributed by atoms with Gasteiger partial charge in [-0.25, -0.2) is 8.42 Å². The molecule has 8 nitrogen and oxygen atoms in total. The van der Waals surface area contributed by atoms with Crippen molar-refractivity contribution < 1.29 is 17.9 Å². The van der Waals surface area contributed by atoms with E-state index in [1.807, 2.05) is 18.2 Å². The maximum Gasteiger partial charge on any atom is 0.243 e. The Hall–Kier alpha value is -2.04. The van der Waals surface area contributed by atoms with Gasteiger partial charge in [0.15, 0.2) is 11.5 Å². The monoisotopic (exact) mass is 512 g/mol. The van der Waals surface area contributed by atoms with E-state index in [4.69, 9.17) is 26.1 Å². The van der Waals surface area contributed by atoms with Crippen LogP contribution < -0.4 is 20.1 Å². The van der Waals surface area contributed by atoms with Crippen molar-refractivity contribution in [1.82, 2.24) is 14.9 Å². The molecule has 3 aliphatic heterocycles. The van der Waals surface area contributed by atoms with Crippen molar-refractivity contribution in [3.8, 4) is 11.5 Å².